The summed E-state index contributed by atoms with van der Waals surface area (Å²) in [6.45, 7) is 1.43. The Labute approximate surface area is 233 Å². The highest BCUT2D eigenvalue weighted by Gasteiger charge is 2.31. The lowest BCUT2D eigenvalue weighted by Gasteiger charge is -2.27. The zero-order valence-corrected chi connectivity index (χ0v) is 22.4. The molecule has 1 amide bonds. The molecule has 208 valence electrons. The first-order chi connectivity index (χ1) is 19.0. The Morgan fingerprint density at radius 1 is 1.15 bits per heavy atom. The first kappa shape index (κ1) is 28.3. The highest BCUT2D eigenvalue weighted by atomic mass is 32.1. The average Bonchev–Trinajstić information content (AvgIpc) is 3.54. The van der Waals surface area contributed by atoms with Gasteiger partial charge < -0.3 is 30.9 Å². The SMILES string of the molecule is C[C@H](C(=O)O)N(Cc1csc(C(=O)O)c1)C(=O)CC1CCc2cc(OC(=O)c3ccc(NC(=N)N)cc3)ccc21. The number of fused-ring (bicyclic) bond motifs is 1. The van der Waals surface area contributed by atoms with Crippen LogP contribution in [0, 0.1) is 5.41 Å². The Kier molecular flexibility index (Phi) is 8.49. The number of aliphatic carboxylic acids is 1. The van der Waals surface area contributed by atoms with E-state index in [1.807, 2.05) is 6.07 Å². The van der Waals surface area contributed by atoms with Gasteiger partial charge in [0, 0.05) is 18.7 Å². The van der Waals surface area contributed by atoms with Crippen molar-refractivity contribution in [2.24, 2.45) is 5.73 Å². The summed E-state index contributed by atoms with van der Waals surface area (Å²) in [5.74, 6) is -3.08. The zero-order chi connectivity index (χ0) is 29.0. The fraction of sp³-hybridized carbons (Fsp3) is 0.250. The number of anilines is 1. The number of guanidine groups is 1. The molecule has 0 fully saturated rings. The Morgan fingerprint density at radius 3 is 2.50 bits per heavy atom. The molecule has 1 aliphatic carbocycles. The van der Waals surface area contributed by atoms with Gasteiger partial charge in [0.05, 0.1) is 5.56 Å². The monoisotopic (exact) mass is 564 g/mol. The second kappa shape index (κ2) is 12.0. The molecule has 1 unspecified atom stereocenters. The highest BCUT2D eigenvalue weighted by Crippen LogP contribution is 2.38. The van der Waals surface area contributed by atoms with Crippen LogP contribution >= 0.6 is 11.3 Å². The van der Waals surface area contributed by atoms with Gasteiger partial charge >= 0.3 is 17.9 Å². The van der Waals surface area contributed by atoms with Crippen LogP contribution in [0.15, 0.2) is 53.9 Å². The molecule has 1 aromatic heterocycles. The Balaban J connectivity index is 1.43. The molecule has 1 aliphatic rings. The number of aromatic carboxylic acids is 1. The molecule has 11 nitrogen and oxygen atoms in total. The summed E-state index contributed by atoms with van der Waals surface area (Å²) in [6, 6.07) is 12.0. The maximum atomic E-state index is 13.3. The van der Waals surface area contributed by atoms with Gasteiger partial charge in [-0.15, -0.1) is 11.3 Å². The maximum Gasteiger partial charge on any atom is 0.345 e. The molecule has 0 aliphatic heterocycles. The fourth-order valence-electron chi connectivity index (χ4n) is 4.64. The predicted octanol–water partition coefficient (Wildman–Crippen LogP) is 3.89. The fourth-order valence-corrected chi connectivity index (χ4v) is 5.38. The van der Waals surface area contributed by atoms with Crippen LogP contribution in [0.2, 0.25) is 0 Å². The number of carbonyl (C=O) groups excluding carboxylic acids is 2. The van der Waals surface area contributed by atoms with Gasteiger partial charge in [0.25, 0.3) is 0 Å². The Hall–Kier alpha value is -4.71. The summed E-state index contributed by atoms with van der Waals surface area (Å²) in [5.41, 5.74) is 8.65. The third-order valence-electron chi connectivity index (χ3n) is 6.71. The number of carboxylic acid groups (broad SMARTS) is 2. The number of nitrogens with zero attached hydrogens (tertiary/aromatic N) is 1. The van der Waals surface area contributed by atoms with Crippen LogP contribution in [0.5, 0.6) is 5.75 Å². The summed E-state index contributed by atoms with van der Waals surface area (Å²) in [7, 11) is 0. The van der Waals surface area contributed by atoms with Crippen LogP contribution in [0.3, 0.4) is 0 Å². The highest BCUT2D eigenvalue weighted by molar-refractivity contribution is 7.12. The molecule has 0 bridgehead atoms. The summed E-state index contributed by atoms with van der Waals surface area (Å²) < 4.78 is 5.54. The Morgan fingerprint density at radius 2 is 1.88 bits per heavy atom. The van der Waals surface area contributed by atoms with Crippen molar-refractivity contribution in [2.45, 2.75) is 44.7 Å². The largest absolute Gasteiger partial charge is 0.480 e. The second-order valence-electron chi connectivity index (χ2n) is 9.47. The Bertz CT molecular complexity index is 1470. The molecule has 2 aromatic carbocycles. The van der Waals surface area contributed by atoms with Crippen molar-refractivity contribution in [3.05, 3.63) is 81.0 Å². The number of ether oxygens (including phenoxy) is 1. The topological polar surface area (TPSA) is 183 Å². The molecule has 6 N–H and O–H groups in total. The van der Waals surface area contributed by atoms with E-state index in [4.69, 9.17) is 15.9 Å². The molecule has 0 saturated heterocycles. The van der Waals surface area contributed by atoms with E-state index in [1.165, 1.54) is 17.9 Å². The van der Waals surface area contributed by atoms with Gasteiger partial charge in [-0.2, -0.15) is 0 Å². The third-order valence-corrected chi connectivity index (χ3v) is 7.68. The number of esters is 1. The number of aryl methyl sites for hydroxylation is 1. The van der Waals surface area contributed by atoms with E-state index in [9.17, 15) is 29.4 Å². The number of nitrogens with two attached hydrogens (primary N) is 1. The van der Waals surface area contributed by atoms with Crippen molar-refractivity contribution in [3.63, 3.8) is 0 Å². The van der Waals surface area contributed by atoms with Crippen molar-refractivity contribution in [2.75, 3.05) is 5.32 Å². The minimum Gasteiger partial charge on any atom is -0.480 e. The first-order valence-electron chi connectivity index (χ1n) is 12.4. The summed E-state index contributed by atoms with van der Waals surface area (Å²) in [4.78, 5) is 50.2. The van der Waals surface area contributed by atoms with Gasteiger partial charge in [-0.1, -0.05) is 6.07 Å². The van der Waals surface area contributed by atoms with Gasteiger partial charge in [0.2, 0.25) is 5.91 Å². The van der Waals surface area contributed by atoms with Gasteiger partial charge in [-0.05, 0) is 90.2 Å². The molecule has 40 heavy (non-hydrogen) atoms. The minimum absolute atomic E-state index is 0.00363. The molecule has 0 saturated carbocycles. The van der Waals surface area contributed by atoms with Crippen molar-refractivity contribution >= 4 is 46.8 Å². The summed E-state index contributed by atoms with van der Waals surface area (Å²) in [5, 5.41) is 30.3. The number of carboxylic acids is 2. The average molecular weight is 565 g/mol. The number of hydrogen-bond donors (Lipinski definition) is 5. The smallest absolute Gasteiger partial charge is 0.345 e. The summed E-state index contributed by atoms with van der Waals surface area (Å²) >= 11 is 1.03. The van der Waals surface area contributed by atoms with Gasteiger partial charge in [-0.3, -0.25) is 10.2 Å². The number of rotatable bonds is 10. The minimum atomic E-state index is -1.15. The lowest BCUT2D eigenvalue weighted by Crippen LogP contribution is -2.43. The van der Waals surface area contributed by atoms with E-state index in [0.717, 1.165) is 22.5 Å². The normalized spacial score (nSPS) is 14.6. The number of carbonyl (C=O) groups is 4. The molecule has 1 heterocycles. The standard InChI is InChI=1S/C28H28N4O7S/c1-15(25(34)35)32(13-16-10-23(26(36)37)40-14-16)24(33)12-19-3-2-18-11-21(8-9-22(18)19)39-27(38)17-4-6-20(7-5-17)31-28(29)30/h4-11,14-15,19H,2-3,12-13H2,1H3,(H,34,35)(H,36,37)(H4,29,30,31)/t15-,19?/m1/s1. The van der Waals surface area contributed by atoms with Gasteiger partial charge in [-0.25, -0.2) is 14.4 Å². The lowest BCUT2D eigenvalue weighted by atomic mass is 9.96. The number of thiophene rings is 1. The van der Waals surface area contributed by atoms with Crippen LogP contribution in [0.25, 0.3) is 0 Å². The van der Waals surface area contributed by atoms with Crippen LogP contribution in [-0.4, -0.2) is 50.9 Å². The molecule has 0 radical (unpaired) electrons. The molecular weight excluding hydrogens is 536 g/mol. The van der Waals surface area contributed by atoms with Crippen LogP contribution in [0.4, 0.5) is 5.69 Å². The van der Waals surface area contributed by atoms with E-state index < -0.39 is 23.9 Å². The van der Waals surface area contributed by atoms with E-state index >= 15 is 0 Å². The van der Waals surface area contributed by atoms with Crippen molar-refractivity contribution in [1.82, 2.24) is 4.90 Å². The van der Waals surface area contributed by atoms with E-state index in [1.54, 1.807) is 41.8 Å². The molecule has 3 aromatic rings. The van der Waals surface area contributed by atoms with E-state index in [-0.39, 0.29) is 35.6 Å². The zero-order valence-electron chi connectivity index (χ0n) is 21.5. The quantitative estimate of drug-likeness (QED) is 0.105. The van der Waals surface area contributed by atoms with Crippen molar-refractivity contribution in [3.8, 4) is 5.75 Å². The molecule has 0 spiro atoms. The maximum absolute atomic E-state index is 13.3. The molecule has 12 heteroatoms. The predicted molar refractivity (Wildman–Crippen MR) is 148 cm³/mol. The van der Waals surface area contributed by atoms with Gasteiger partial charge in [0.15, 0.2) is 5.96 Å². The van der Waals surface area contributed by atoms with E-state index in [0.29, 0.717) is 35.4 Å². The lowest BCUT2D eigenvalue weighted by molar-refractivity contribution is -0.150. The number of nitrogens with one attached hydrogen (secondary N) is 2. The number of hydrogen-bond acceptors (Lipinski definition) is 7. The van der Waals surface area contributed by atoms with Crippen LogP contribution < -0.4 is 15.8 Å². The number of benzene rings is 2. The number of amides is 1. The summed E-state index contributed by atoms with van der Waals surface area (Å²) in [6.07, 6.45) is 1.45. The molecule has 4 rings (SSSR count). The van der Waals surface area contributed by atoms with Crippen molar-refractivity contribution < 1.29 is 34.1 Å². The second-order valence-corrected chi connectivity index (χ2v) is 10.4. The van der Waals surface area contributed by atoms with Crippen LogP contribution in [0.1, 0.15) is 62.4 Å². The van der Waals surface area contributed by atoms with Gasteiger partial charge in [0.1, 0.15) is 16.7 Å². The van der Waals surface area contributed by atoms with Crippen molar-refractivity contribution in [1.29, 1.82) is 5.41 Å². The van der Waals surface area contributed by atoms with E-state index in [2.05, 4.69) is 5.32 Å². The first-order valence-corrected chi connectivity index (χ1v) is 13.3. The molecular formula is C28H28N4O7S. The third kappa shape index (κ3) is 6.64. The molecule has 2 atom stereocenters. The van der Waals surface area contributed by atoms with Crippen LogP contribution in [-0.2, 0) is 22.6 Å².